The molecule has 3 heteroatoms. The summed E-state index contributed by atoms with van der Waals surface area (Å²) in [5.74, 6) is 0. The molecule has 3 rings (SSSR count). The molecule has 96 valence electrons. The van der Waals surface area contributed by atoms with Crippen molar-refractivity contribution >= 4 is 10.9 Å². The van der Waals surface area contributed by atoms with E-state index >= 15 is 0 Å². The highest BCUT2D eigenvalue weighted by Gasteiger charge is 2.19. The lowest BCUT2D eigenvalue weighted by Crippen LogP contribution is -2.32. The average Bonchev–Trinajstić information content (AvgIpc) is 2.74. The summed E-state index contributed by atoms with van der Waals surface area (Å²) in [6.07, 6.45) is 2.23. The molecule has 1 aromatic carbocycles. The molecule has 0 amide bonds. The first-order valence-corrected chi connectivity index (χ1v) is 6.80. The van der Waals surface area contributed by atoms with E-state index in [2.05, 4.69) is 35.0 Å². The molecule has 3 nitrogen and oxygen atoms in total. The van der Waals surface area contributed by atoms with Gasteiger partial charge in [-0.25, -0.2) is 0 Å². The topological polar surface area (TPSA) is 45.0 Å². The maximum Gasteiger partial charge on any atom is 0.0459 e. The fourth-order valence-electron chi connectivity index (χ4n) is 2.89. The second-order valence-electron chi connectivity index (χ2n) is 5.30. The number of nitrogens with one attached hydrogen (secondary N) is 1. The highest BCUT2D eigenvalue weighted by molar-refractivity contribution is 5.85. The van der Waals surface area contributed by atoms with E-state index < -0.39 is 0 Å². The summed E-state index contributed by atoms with van der Waals surface area (Å²) in [4.78, 5) is 6.09. The van der Waals surface area contributed by atoms with Gasteiger partial charge in [-0.3, -0.25) is 4.90 Å². The molecule has 1 aliphatic rings. The second-order valence-corrected chi connectivity index (χ2v) is 5.30. The van der Waals surface area contributed by atoms with E-state index in [0.717, 1.165) is 39.0 Å². The van der Waals surface area contributed by atoms with Crippen LogP contribution in [-0.4, -0.2) is 29.5 Å². The summed E-state index contributed by atoms with van der Waals surface area (Å²) in [6, 6.07) is 6.68. The van der Waals surface area contributed by atoms with Gasteiger partial charge in [0.2, 0.25) is 0 Å². The van der Waals surface area contributed by atoms with Crippen molar-refractivity contribution in [3.05, 3.63) is 35.0 Å². The Morgan fingerprint density at radius 2 is 2.28 bits per heavy atom. The van der Waals surface area contributed by atoms with E-state index in [-0.39, 0.29) is 0 Å². The summed E-state index contributed by atoms with van der Waals surface area (Å²) >= 11 is 0. The van der Waals surface area contributed by atoms with E-state index in [1.807, 2.05) is 0 Å². The maximum atomic E-state index is 5.60. The van der Waals surface area contributed by atoms with Crippen LogP contribution in [0.3, 0.4) is 0 Å². The molecule has 0 radical (unpaired) electrons. The van der Waals surface area contributed by atoms with Crippen LogP contribution in [0.1, 0.15) is 23.2 Å². The van der Waals surface area contributed by atoms with Crippen LogP contribution in [0.15, 0.2) is 18.2 Å². The van der Waals surface area contributed by atoms with Crippen molar-refractivity contribution in [1.82, 2.24) is 9.88 Å². The number of nitrogens with two attached hydrogens (primary N) is 1. The van der Waals surface area contributed by atoms with Crippen molar-refractivity contribution in [1.29, 1.82) is 0 Å². The van der Waals surface area contributed by atoms with Gasteiger partial charge in [0.15, 0.2) is 0 Å². The number of hydrogen-bond donors (Lipinski definition) is 2. The third kappa shape index (κ3) is 2.04. The minimum Gasteiger partial charge on any atom is -0.358 e. The van der Waals surface area contributed by atoms with Gasteiger partial charge in [0, 0.05) is 36.1 Å². The Morgan fingerprint density at radius 1 is 1.39 bits per heavy atom. The normalized spacial score (nSPS) is 16.1. The van der Waals surface area contributed by atoms with Gasteiger partial charge in [-0.15, -0.1) is 0 Å². The first-order valence-electron chi connectivity index (χ1n) is 6.80. The molecule has 1 aliphatic heterocycles. The van der Waals surface area contributed by atoms with Gasteiger partial charge < -0.3 is 10.7 Å². The number of hydrogen-bond acceptors (Lipinski definition) is 2. The number of benzene rings is 1. The minimum atomic E-state index is 0.788. The number of aryl methyl sites for hydroxylation is 1. The van der Waals surface area contributed by atoms with E-state index in [1.54, 1.807) is 0 Å². The summed E-state index contributed by atoms with van der Waals surface area (Å²) in [6.45, 7) is 6.29. The second kappa shape index (κ2) is 4.75. The molecule has 2 heterocycles. The zero-order valence-corrected chi connectivity index (χ0v) is 11.0. The monoisotopic (exact) mass is 243 g/mol. The van der Waals surface area contributed by atoms with Crippen LogP contribution in [-0.2, 0) is 13.0 Å². The molecule has 0 fully saturated rings. The van der Waals surface area contributed by atoms with Crippen LogP contribution in [0.4, 0.5) is 0 Å². The Labute approximate surface area is 108 Å². The first-order chi connectivity index (χ1) is 8.78. The van der Waals surface area contributed by atoms with Crippen molar-refractivity contribution in [2.75, 3.05) is 19.6 Å². The summed E-state index contributed by atoms with van der Waals surface area (Å²) in [5, 5.41) is 1.41. The summed E-state index contributed by atoms with van der Waals surface area (Å²) < 4.78 is 0. The highest BCUT2D eigenvalue weighted by Crippen LogP contribution is 2.28. The van der Waals surface area contributed by atoms with Crippen LogP contribution >= 0.6 is 0 Å². The van der Waals surface area contributed by atoms with Crippen molar-refractivity contribution in [2.24, 2.45) is 5.73 Å². The Morgan fingerprint density at radius 3 is 3.11 bits per heavy atom. The van der Waals surface area contributed by atoms with Crippen LogP contribution < -0.4 is 5.73 Å². The van der Waals surface area contributed by atoms with E-state index in [9.17, 15) is 0 Å². The molecule has 0 aliphatic carbocycles. The lowest BCUT2D eigenvalue weighted by atomic mass is 10.0. The van der Waals surface area contributed by atoms with Crippen LogP contribution in [0.2, 0.25) is 0 Å². The van der Waals surface area contributed by atoms with Gasteiger partial charge in [-0.1, -0.05) is 11.6 Å². The Balaban J connectivity index is 1.93. The largest absolute Gasteiger partial charge is 0.358 e. The number of nitrogens with zero attached hydrogens (tertiary/aromatic N) is 1. The number of aromatic nitrogens is 1. The smallest absolute Gasteiger partial charge is 0.0459 e. The van der Waals surface area contributed by atoms with Crippen molar-refractivity contribution < 1.29 is 0 Å². The van der Waals surface area contributed by atoms with Gasteiger partial charge in [0.25, 0.3) is 0 Å². The predicted molar refractivity (Wildman–Crippen MR) is 75.7 cm³/mol. The number of rotatable bonds is 3. The van der Waals surface area contributed by atoms with E-state index in [4.69, 9.17) is 5.73 Å². The molecule has 3 N–H and O–H groups in total. The van der Waals surface area contributed by atoms with E-state index in [0.29, 0.717) is 0 Å². The molecule has 0 unspecified atom stereocenters. The Hall–Kier alpha value is -1.32. The SMILES string of the molecule is Cc1ccc2[nH]c3c(c2c1)CN(CCCN)CC3. The molecule has 0 bridgehead atoms. The lowest BCUT2D eigenvalue weighted by Gasteiger charge is -2.26. The van der Waals surface area contributed by atoms with Gasteiger partial charge in [0.1, 0.15) is 0 Å². The van der Waals surface area contributed by atoms with Crippen molar-refractivity contribution in [3.63, 3.8) is 0 Å². The number of aromatic amines is 1. The van der Waals surface area contributed by atoms with Crippen molar-refractivity contribution in [3.8, 4) is 0 Å². The van der Waals surface area contributed by atoms with E-state index in [1.165, 1.54) is 27.7 Å². The molecular weight excluding hydrogens is 222 g/mol. The maximum absolute atomic E-state index is 5.60. The fourth-order valence-corrected chi connectivity index (χ4v) is 2.89. The third-order valence-electron chi connectivity index (χ3n) is 3.89. The average molecular weight is 243 g/mol. The standard InChI is InChI=1S/C15H21N3/c1-11-3-4-14-12(9-11)13-10-18(7-2-6-16)8-5-15(13)17-14/h3-4,9,17H,2,5-8,10,16H2,1H3. The molecule has 0 spiro atoms. The van der Waals surface area contributed by atoms with Crippen LogP contribution in [0.5, 0.6) is 0 Å². The zero-order chi connectivity index (χ0) is 12.5. The summed E-state index contributed by atoms with van der Waals surface area (Å²) in [5.41, 5.74) is 11.1. The molecule has 2 aromatic rings. The molecule has 1 aromatic heterocycles. The molecule has 0 saturated heterocycles. The quantitative estimate of drug-likeness (QED) is 0.868. The molecule has 18 heavy (non-hydrogen) atoms. The number of fused-ring (bicyclic) bond motifs is 3. The Bertz CT molecular complexity index is 556. The minimum absolute atomic E-state index is 0.788. The molecule has 0 saturated carbocycles. The van der Waals surface area contributed by atoms with Crippen molar-refractivity contribution in [2.45, 2.75) is 26.3 Å². The number of H-pyrrole nitrogens is 1. The first kappa shape index (κ1) is 11.8. The van der Waals surface area contributed by atoms with Crippen LogP contribution in [0.25, 0.3) is 10.9 Å². The predicted octanol–water partition coefficient (Wildman–Crippen LogP) is 2.18. The Kier molecular flexibility index (Phi) is 3.10. The fraction of sp³-hybridized carbons (Fsp3) is 0.467. The van der Waals surface area contributed by atoms with Gasteiger partial charge in [0.05, 0.1) is 0 Å². The molecule has 0 atom stereocenters. The zero-order valence-electron chi connectivity index (χ0n) is 11.0. The van der Waals surface area contributed by atoms with Gasteiger partial charge in [-0.05, 0) is 44.1 Å². The highest BCUT2D eigenvalue weighted by atomic mass is 15.1. The lowest BCUT2D eigenvalue weighted by molar-refractivity contribution is 0.253. The third-order valence-corrected chi connectivity index (χ3v) is 3.89. The van der Waals surface area contributed by atoms with Gasteiger partial charge >= 0.3 is 0 Å². The summed E-state index contributed by atoms with van der Waals surface area (Å²) in [7, 11) is 0. The van der Waals surface area contributed by atoms with Gasteiger partial charge in [-0.2, -0.15) is 0 Å². The van der Waals surface area contributed by atoms with Crippen LogP contribution in [0, 0.1) is 6.92 Å². The molecular formula is C15H21N3.